The average molecular weight is 228 g/mol. The van der Waals surface area contributed by atoms with Gasteiger partial charge in [-0.15, -0.1) is 0 Å². The maximum atomic E-state index is 10.9. The summed E-state index contributed by atoms with van der Waals surface area (Å²) in [7, 11) is 0. The first kappa shape index (κ1) is 13.5. The minimum Gasteiger partial charge on any atom is -0.480 e. The van der Waals surface area contributed by atoms with E-state index >= 15 is 0 Å². The maximum Gasteiger partial charge on any atom is 0.323 e. The van der Waals surface area contributed by atoms with Gasteiger partial charge in [0.05, 0.1) is 0 Å². The molecule has 1 rings (SSSR count). The Morgan fingerprint density at radius 3 is 2.69 bits per heavy atom. The molecule has 0 aromatic carbocycles. The Balaban J connectivity index is 2.33. The van der Waals surface area contributed by atoms with Crippen LogP contribution in [0.25, 0.3) is 0 Å². The molecule has 2 unspecified atom stereocenters. The van der Waals surface area contributed by atoms with Crippen LogP contribution in [0.3, 0.4) is 0 Å². The first-order valence-corrected chi connectivity index (χ1v) is 6.07. The molecule has 0 aromatic heterocycles. The van der Waals surface area contributed by atoms with E-state index in [1.807, 2.05) is 0 Å². The van der Waals surface area contributed by atoms with E-state index in [0.29, 0.717) is 12.3 Å². The van der Waals surface area contributed by atoms with Crippen LogP contribution in [0, 0.1) is 11.8 Å². The molecule has 0 aliphatic carbocycles. The van der Waals surface area contributed by atoms with Gasteiger partial charge in [0.15, 0.2) is 0 Å². The molecule has 1 heterocycles. The average Bonchev–Trinajstić information content (AvgIpc) is 2.63. The molecule has 3 N–H and O–H groups in total. The normalized spacial score (nSPS) is 25.9. The third-order valence-corrected chi connectivity index (χ3v) is 3.69. The SMILES string of the molecule is CC(C)C1CCN(CCC(C)(N)C(=O)O)C1. The molecule has 0 radical (unpaired) electrons. The van der Waals surface area contributed by atoms with Crippen LogP contribution in [0.2, 0.25) is 0 Å². The highest BCUT2D eigenvalue weighted by atomic mass is 16.4. The highest BCUT2D eigenvalue weighted by Crippen LogP contribution is 2.24. The van der Waals surface area contributed by atoms with Gasteiger partial charge < -0.3 is 15.7 Å². The molecule has 1 fully saturated rings. The summed E-state index contributed by atoms with van der Waals surface area (Å²) in [5.74, 6) is 0.565. The number of nitrogens with two attached hydrogens (primary N) is 1. The van der Waals surface area contributed by atoms with Gasteiger partial charge in [-0.2, -0.15) is 0 Å². The number of carboxylic acid groups (broad SMARTS) is 1. The summed E-state index contributed by atoms with van der Waals surface area (Å²) in [5.41, 5.74) is 4.62. The fourth-order valence-corrected chi connectivity index (χ4v) is 2.11. The number of carbonyl (C=O) groups is 1. The molecule has 0 spiro atoms. The molecule has 1 aliphatic rings. The van der Waals surface area contributed by atoms with E-state index in [-0.39, 0.29) is 0 Å². The zero-order valence-corrected chi connectivity index (χ0v) is 10.6. The van der Waals surface area contributed by atoms with Crippen molar-refractivity contribution in [2.45, 2.75) is 39.2 Å². The summed E-state index contributed by atoms with van der Waals surface area (Å²) in [6.07, 6.45) is 1.75. The van der Waals surface area contributed by atoms with Crippen LogP contribution >= 0.6 is 0 Å². The summed E-state index contributed by atoms with van der Waals surface area (Å²) in [4.78, 5) is 13.2. The third kappa shape index (κ3) is 3.46. The van der Waals surface area contributed by atoms with Crippen molar-refractivity contribution >= 4 is 5.97 Å². The lowest BCUT2D eigenvalue weighted by Gasteiger charge is -2.23. The fraction of sp³-hybridized carbons (Fsp3) is 0.917. The van der Waals surface area contributed by atoms with Gasteiger partial charge in [-0.25, -0.2) is 0 Å². The quantitative estimate of drug-likeness (QED) is 0.741. The molecular weight excluding hydrogens is 204 g/mol. The second kappa shape index (κ2) is 5.15. The number of aliphatic carboxylic acids is 1. The van der Waals surface area contributed by atoms with Crippen molar-refractivity contribution in [3.8, 4) is 0 Å². The van der Waals surface area contributed by atoms with E-state index < -0.39 is 11.5 Å². The lowest BCUT2D eigenvalue weighted by atomic mass is 9.95. The standard InChI is InChI=1S/C12H24N2O2/c1-9(2)10-4-6-14(8-10)7-5-12(3,13)11(15)16/h9-10H,4-8,13H2,1-3H3,(H,15,16). The molecule has 16 heavy (non-hydrogen) atoms. The van der Waals surface area contributed by atoms with Gasteiger partial charge in [-0.05, 0) is 38.1 Å². The van der Waals surface area contributed by atoms with Gasteiger partial charge in [-0.3, -0.25) is 4.79 Å². The van der Waals surface area contributed by atoms with Gasteiger partial charge >= 0.3 is 5.97 Å². The minimum absolute atomic E-state index is 0.521. The van der Waals surface area contributed by atoms with Crippen LogP contribution in [-0.2, 0) is 4.79 Å². The summed E-state index contributed by atoms with van der Waals surface area (Å²) < 4.78 is 0. The lowest BCUT2D eigenvalue weighted by Crippen LogP contribution is -2.47. The number of rotatable bonds is 5. The van der Waals surface area contributed by atoms with Crippen molar-refractivity contribution in [2.75, 3.05) is 19.6 Å². The van der Waals surface area contributed by atoms with Crippen LogP contribution in [0.15, 0.2) is 0 Å². The Morgan fingerprint density at radius 2 is 2.25 bits per heavy atom. The largest absolute Gasteiger partial charge is 0.480 e. The summed E-state index contributed by atoms with van der Waals surface area (Å²) in [6, 6.07) is 0. The first-order chi connectivity index (χ1) is 7.33. The molecule has 1 saturated heterocycles. The molecule has 4 heteroatoms. The number of nitrogens with zero attached hydrogens (tertiary/aromatic N) is 1. The Morgan fingerprint density at radius 1 is 1.62 bits per heavy atom. The number of hydrogen-bond donors (Lipinski definition) is 2. The van der Waals surface area contributed by atoms with E-state index in [4.69, 9.17) is 10.8 Å². The van der Waals surface area contributed by atoms with Crippen molar-refractivity contribution in [1.29, 1.82) is 0 Å². The number of carboxylic acids is 1. The predicted octanol–water partition coefficient (Wildman–Crippen LogP) is 1.16. The van der Waals surface area contributed by atoms with Crippen molar-refractivity contribution in [3.63, 3.8) is 0 Å². The lowest BCUT2D eigenvalue weighted by molar-refractivity contribution is -0.143. The van der Waals surface area contributed by atoms with E-state index in [9.17, 15) is 4.79 Å². The fourth-order valence-electron chi connectivity index (χ4n) is 2.11. The molecule has 2 atom stereocenters. The maximum absolute atomic E-state index is 10.9. The van der Waals surface area contributed by atoms with Gasteiger partial charge in [0.1, 0.15) is 5.54 Å². The molecule has 1 aliphatic heterocycles. The number of hydrogen-bond acceptors (Lipinski definition) is 3. The summed E-state index contributed by atoms with van der Waals surface area (Å²) in [5, 5.41) is 8.91. The molecule has 94 valence electrons. The Labute approximate surface area is 97.8 Å². The van der Waals surface area contributed by atoms with E-state index in [0.717, 1.165) is 25.6 Å². The van der Waals surface area contributed by atoms with Gasteiger partial charge in [-0.1, -0.05) is 13.8 Å². The first-order valence-electron chi connectivity index (χ1n) is 6.07. The van der Waals surface area contributed by atoms with Gasteiger partial charge in [0.25, 0.3) is 0 Å². The van der Waals surface area contributed by atoms with Crippen LogP contribution in [0.1, 0.15) is 33.6 Å². The molecule has 0 saturated carbocycles. The van der Waals surface area contributed by atoms with Crippen LogP contribution in [0.4, 0.5) is 0 Å². The monoisotopic (exact) mass is 228 g/mol. The number of likely N-dealkylation sites (tertiary alicyclic amines) is 1. The minimum atomic E-state index is -1.09. The van der Waals surface area contributed by atoms with Crippen LogP contribution < -0.4 is 5.73 Å². The topological polar surface area (TPSA) is 66.6 Å². The van der Waals surface area contributed by atoms with E-state index in [2.05, 4.69) is 18.7 Å². The molecule has 0 aromatic rings. The zero-order chi connectivity index (χ0) is 12.3. The molecule has 4 nitrogen and oxygen atoms in total. The highest BCUT2D eigenvalue weighted by molar-refractivity contribution is 5.77. The molecule has 0 bridgehead atoms. The van der Waals surface area contributed by atoms with Crippen molar-refractivity contribution in [1.82, 2.24) is 4.90 Å². The van der Waals surface area contributed by atoms with Crippen LogP contribution in [-0.4, -0.2) is 41.1 Å². The smallest absolute Gasteiger partial charge is 0.323 e. The second-order valence-electron chi connectivity index (χ2n) is 5.57. The Bertz CT molecular complexity index is 251. The van der Waals surface area contributed by atoms with Crippen molar-refractivity contribution < 1.29 is 9.90 Å². The van der Waals surface area contributed by atoms with E-state index in [1.54, 1.807) is 6.92 Å². The Hall–Kier alpha value is -0.610. The highest BCUT2D eigenvalue weighted by Gasteiger charge is 2.30. The van der Waals surface area contributed by atoms with Gasteiger partial charge in [0.2, 0.25) is 0 Å². The zero-order valence-electron chi connectivity index (χ0n) is 10.6. The third-order valence-electron chi connectivity index (χ3n) is 3.69. The second-order valence-corrected chi connectivity index (χ2v) is 5.57. The van der Waals surface area contributed by atoms with E-state index in [1.165, 1.54) is 6.42 Å². The van der Waals surface area contributed by atoms with Crippen LogP contribution in [0.5, 0.6) is 0 Å². The predicted molar refractivity (Wildman–Crippen MR) is 64.2 cm³/mol. The van der Waals surface area contributed by atoms with Crippen molar-refractivity contribution in [2.24, 2.45) is 17.6 Å². The molecule has 0 amide bonds. The molecular formula is C12H24N2O2. The summed E-state index contributed by atoms with van der Waals surface area (Å²) >= 11 is 0. The Kier molecular flexibility index (Phi) is 4.33. The summed E-state index contributed by atoms with van der Waals surface area (Å²) in [6.45, 7) is 9.05. The van der Waals surface area contributed by atoms with Crippen molar-refractivity contribution in [3.05, 3.63) is 0 Å². The van der Waals surface area contributed by atoms with Gasteiger partial charge in [0, 0.05) is 13.1 Å².